The number of carbonyl (C=O) groups excluding carboxylic acids is 3. The summed E-state index contributed by atoms with van der Waals surface area (Å²) >= 11 is 0. The molecule has 0 aromatic carbocycles. The third-order valence-electron chi connectivity index (χ3n) is 5.08. The number of ether oxygens (including phenoxy) is 2. The standard InChI is InChI=1S/C20H31NO5/c1-2-11-25-13-14-26-12-3-4-18(22)17-7-5-16(6-8-17)15-21-19(23)9-10-20(21)24/h9-10,16-17H,2-8,11-15H2,1H3. The van der Waals surface area contributed by atoms with Crippen LogP contribution in [0.4, 0.5) is 0 Å². The van der Waals surface area contributed by atoms with E-state index in [2.05, 4.69) is 6.92 Å². The molecule has 1 heterocycles. The Morgan fingerprint density at radius 1 is 1.00 bits per heavy atom. The molecule has 0 atom stereocenters. The highest BCUT2D eigenvalue weighted by molar-refractivity contribution is 6.12. The van der Waals surface area contributed by atoms with E-state index in [9.17, 15) is 14.4 Å². The average molecular weight is 365 g/mol. The van der Waals surface area contributed by atoms with Gasteiger partial charge in [0, 0.05) is 44.2 Å². The Balaban J connectivity index is 1.54. The largest absolute Gasteiger partial charge is 0.379 e. The molecule has 0 N–H and O–H groups in total. The summed E-state index contributed by atoms with van der Waals surface area (Å²) < 4.78 is 10.8. The molecule has 1 fully saturated rings. The highest BCUT2D eigenvalue weighted by Crippen LogP contribution is 2.31. The first-order chi connectivity index (χ1) is 12.6. The van der Waals surface area contributed by atoms with Crippen LogP contribution in [0.5, 0.6) is 0 Å². The normalized spacial score (nSPS) is 23.0. The molecule has 2 aliphatic rings. The van der Waals surface area contributed by atoms with E-state index in [1.807, 2.05) is 0 Å². The second-order valence-corrected chi connectivity index (χ2v) is 7.13. The number of Topliss-reactive ketones (excluding diaryl/α,β-unsaturated/α-hetero) is 1. The van der Waals surface area contributed by atoms with Crippen molar-refractivity contribution >= 4 is 17.6 Å². The van der Waals surface area contributed by atoms with Gasteiger partial charge in [0.1, 0.15) is 5.78 Å². The number of hydrogen-bond acceptors (Lipinski definition) is 5. The van der Waals surface area contributed by atoms with E-state index >= 15 is 0 Å². The highest BCUT2D eigenvalue weighted by atomic mass is 16.5. The predicted octanol–water partition coefficient (Wildman–Crippen LogP) is 2.51. The van der Waals surface area contributed by atoms with Gasteiger partial charge in [-0.2, -0.15) is 0 Å². The number of nitrogens with zero attached hydrogens (tertiary/aromatic N) is 1. The molecule has 0 bridgehead atoms. The van der Waals surface area contributed by atoms with Gasteiger partial charge in [-0.1, -0.05) is 6.92 Å². The van der Waals surface area contributed by atoms with Gasteiger partial charge in [0.2, 0.25) is 0 Å². The van der Waals surface area contributed by atoms with E-state index in [4.69, 9.17) is 9.47 Å². The van der Waals surface area contributed by atoms with Gasteiger partial charge >= 0.3 is 0 Å². The van der Waals surface area contributed by atoms with Crippen molar-refractivity contribution in [1.29, 1.82) is 0 Å². The SMILES string of the molecule is CCCOCCOCCCC(=O)C1CCC(CN2C(=O)C=CC2=O)CC1. The van der Waals surface area contributed by atoms with Gasteiger partial charge in [-0.3, -0.25) is 19.3 Å². The average Bonchev–Trinajstić information content (AvgIpc) is 2.96. The minimum absolute atomic E-state index is 0.127. The van der Waals surface area contributed by atoms with Gasteiger partial charge in [-0.15, -0.1) is 0 Å². The molecule has 0 spiro atoms. The van der Waals surface area contributed by atoms with Crippen molar-refractivity contribution in [1.82, 2.24) is 4.90 Å². The van der Waals surface area contributed by atoms with Crippen LogP contribution in [0.1, 0.15) is 51.9 Å². The van der Waals surface area contributed by atoms with E-state index in [0.29, 0.717) is 44.5 Å². The van der Waals surface area contributed by atoms with Crippen molar-refractivity contribution in [2.24, 2.45) is 11.8 Å². The van der Waals surface area contributed by atoms with Crippen molar-refractivity contribution in [2.75, 3.05) is 33.0 Å². The van der Waals surface area contributed by atoms with E-state index in [0.717, 1.165) is 45.1 Å². The van der Waals surface area contributed by atoms with Gasteiger partial charge in [-0.25, -0.2) is 0 Å². The van der Waals surface area contributed by atoms with Crippen LogP contribution in [0.2, 0.25) is 0 Å². The third-order valence-corrected chi connectivity index (χ3v) is 5.08. The molecular formula is C20H31NO5. The first kappa shape index (κ1) is 20.8. The van der Waals surface area contributed by atoms with Gasteiger partial charge in [0.05, 0.1) is 13.2 Å². The number of hydrogen-bond donors (Lipinski definition) is 0. The monoisotopic (exact) mass is 365 g/mol. The third kappa shape index (κ3) is 6.65. The molecule has 6 nitrogen and oxygen atoms in total. The van der Waals surface area contributed by atoms with E-state index in [-0.39, 0.29) is 17.7 Å². The molecule has 0 radical (unpaired) electrons. The summed E-state index contributed by atoms with van der Waals surface area (Å²) in [4.78, 5) is 36.9. The van der Waals surface area contributed by atoms with Crippen molar-refractivity contribution in [3.8, 4) is 0 Å². The fourth-order valence-corrected chi connectivity index (χ4v) is 3.56. The molecule has 0 aromatic rings. The lowest BCUT2D eigenvalue weighted by Crippen LogP contribution is -2.36. The highest BCUT2D eigenvalue weighted by Gasteiger charge is 2.30. The molecule has 0 saturated heterocycles. The Morgan fingerprint density at radius 3 is 2.23 bits per heavy atom. The quantitative estimate of drug-likeness (QED) is 0.392. The van der Waals surface area contributed by atoms with Crippen molar-refractivity contribution in [2.45, 2.75) is 51.9 Å². The van der Waals surface area contributed by atoms with E-state index in [1.165, 1.54) is 17.1 Å². The van der Waals surface area contributed by atoms with Crippen LogP contribution in [0.15, 0.2) is 12.2 Å². The van der Waals surface area contributed by atoms with Crippen molar-refractivity contribution < 1.29 is 23.9 Å². The van der Waals surface area contributed by atoms with Crippen LogP contribution in [-0.2, 0) is 23.9 Å². The van der Waals surface area contributed by atoms with Gasteiger partial charge in [0.25, 0.3) is 11.8 Å². The number of rotatable bonds is 12. The lowest BCUT2D eigenvalue weighted by molar-refractivity contribution is -0.138. The maximum absolute atomic E-state index is 12.3. The van der Waals surface area contributed by atoms with Gasteiger partial charge < -0.3 is 9.47 Å². The molecule has 1 aliphatic carbocycles. The molecule has 0 aromatic heterocycles. The summed E-state index contributed by atoms with van der Waals surface area (Å²) in [6.07, 6.45) is 8.52. The zero-order valence-corrected chi connectivity index (χ0v) is 15.8. The summed E-state index contributed by atoms with van der Waals surface area (Å²) in [6.45, 7) is 5.12. The Labute approximate surface area is 155 Å². The van der Waals surface area contributed by atoms with Crippen LogP contribution in [-0.4, -0.2) is 55.5 Å². The maximum atomic E-state index is 12.3. The van der Waals surface area contributed by atoms with Crippen LogP contribution in [0, 0.1) is 11.8 Å². The topological polar surface area (TPSA) is 72.9 Å². The Bertz CT molecular complexity index is 490. The van der Waals surface area contributed by atoms with Crippen LogP contribution < -0.4 is 0 Å². The predicted molar refractivity (Wildman–Crippen MR) is 97.5 cm³/mol. The van der Waals surface area contributed by atoms with Crippen LogP contribution >= 0.6 is 0 Å². The number of carbonyl (C=O) groups is 3. The van der Waals surface area contributed by atoms with Gasteiger partial charge in [-0.05, 0) is 44.4 Å². The lowest BCUT2D eigenvalue weighted by Gasteiger charge is -2.30. The zero-order valence-electron chi connectivity index (χ0n) is 15.8. The summed E-state index contributed by atoms with van der Waals surface area (Å²) in [6, 6.07) is 0. The second-order valence-electron chi connectivity index (χ2n) is 7.13. The van der Waals surface area contributed by atoms with Crippen molar-refractivity contribution in [3.63, 3.8) is 0 Å². The molecule has 26 heavy (non-hydrogen) atoms. The second kappa shape index (κ2) is 11.2. The van der Waals surface area contributed by atoms with Gasteiger partial charge in [0.15, 0.2) is 0 Å². The molecule has 1 saturated carbocycles. The first-order valence-corrected chi connectivity index (χ1v) is 9.83. The Kier molecular flexibility index (Phi) is 8.98. The van der Waals surface area contributed by atoms with Crippen LogP contribution in [0.3, 0.4) is 0 Å². The Hall–Kier alpha value is -1.53. The molecule has 2 rings (SSSR count). The fraction of sp³-hybridized carbons (Fsp3) is 0.750. The van der Waals surface area contributed by atoms with E-state index in [1.54, 1.807) is 0 Å². The molecule has 2 amide bonds. The molecule has 1 aliphatic heterocycles. The summed E-state index contributed by atoms with van der Waals surface area (Å²) in [5.74, 6) is 0.339. The zero-order chi connectivity index (χ0) is 18.8. The Morgan fingerprint density at radius 2 is 1.62 bits per heavy atom. The fourth-order valence-electron chi connectivity index (χ4n) is 3.56. The molecule has 6 heteroatoms. The molecule has 0 unspecified atom stereocenters. The summed E-state index contributed by atoms with van der Waals surface area (Å²) in [5, 5.41) is 0. The van der Waals surface area contributed by atoms with E-state index < -0.39 is 0 Å². The molecular weight excluding hydrogens is 334 g/mol. The number of imide groups is 1. The minimum atomic E-state index is -0.215. The first-order valence-electron chi connectivity index (χ1n) is 9.83. The van der Waals surface area contributed by atoms with Crippen molar-refractivity contribution in [3.05, 3.63) is 12.2 Å². The summed E-state index contributed by atoms with van der Waals surface area (Å²) in [5.41, 5.74) is 0. The molecule has 146 valence electrons. The maximum Gasteiger partial charge on any atom is 0.253 e. The number of ketones is 1. The summed E-state index contributed by atoms with van der Waals surface area (Å²) in [7, 11) is 0. The lowest BCUT2D eigenvalue weighted by atomic mass is 9.79. The minimum Gasteiger partial charge on any atom is -0.379 e. The van der Waals surface area contributed by atoms with Crippen LogP contribution in [0.25, 0.3) is 0 Å². The smallest absolute Gasteiger partial charge is 0.253 e. The number of amides is 2.